The van der Waals surface area contributed by atoms with Crippen LogP contribution in [0.25, 0.3) is 0 Å². The van der Waals surface area contributed by atoms with E-state index in [9.17, 15) is 0 Å². The minimum atomic E-state index is 0.205. The summed E-state index contributed by atoms with van der Waals surface area (Å²) in [6, 6.07) is 8.99. The lowest BCUT2D eigenvalue weighted by molar-refractivity contribution is -0.118. The van der Waals surface area contributed by atoms with E-state index in [1.54, 1.807) is 0 Å². The van der Waals surface area contributed by atoms with Gasteiger partial charge in [-0.25, -0.2) is 0 Å². The molecule has 2 aromatic heterocycles. The van der Waals surface area contributed by atoms with Crippen LogP contribution in [-0.4, -0.2) is 41.3 Å². The number of aromatic nitrogens is 1. The van der Waals surface area contributed by atoms with E-state index in [-0.39, 0.29) is 12.2 Å². The number of hydrogen-bond donors (Lipinski definition) is 0. The minimum absolute atomic E-state index is 0.205. The third-order valence-corrected chi connectivity index (χ3v) is 6.00. The summed E-state index contributed by atoms with van der Waals surface area (Å²) in [5.41, 5.74) is 1.18. The summed E-state index contributed by atoms with van der Waals surface area (Å²) in [6.45, 7) is 5.69. The number of nitrogens with zero attached hydrogens (tertiary/aromatic N) is 2. The second-order valence-electron chi connectivity index (χ2n) is 6.67. The van der Waals surface area contributed by atoms with Crippen molar-refractivity contribution in [3.63, 3.8) is 0 Å². The first-order valence-electron chi connectivity index (χ1n) is 8.71. The van der Waals surface area contributed by atoms with E-state index in [2.05, 4.69) is 28.9 Å². The van der Waals surface area contributed by atoms with E-state index in [1.807, 2.05) is 35.9 Å². The van der Waals surface area contributed by atoms with Crippen molar-refractivity contribution in [2.45, 2.75) is 51.2 Å². The second kappa shape index (κ2) is 7.31. The van der Waals surface area contributed by atoms with Crippen LogP contribution < -0.4 is 0 Å². The van der Waals surface area contributed by atoms with E-state index in [0.29, 0.717) is 12.6 Å². The molecule has 5 heteroatoms. The highest BCUT2D eigenvalue weighted by atomic mass is 32.1. The highest BCUT2D eigenvalue weighted by Crippen LogP contribution is 2.34. The van der Waals surface area contributed by atoms with Gasteiger partial charge in [-0.2, -0.15) is 0 Å². The zero-order chi connectivity index (χ0) is 16.4. The molecule has 0 spiro atoms. The molecule has 0 radical (unpaired) electrons. The topological polar surface area (TPSA) is 34.6 Å². The first-order valence-corrected chi connectivity index (χ1v) is 9.53. The van der Waals surface area contributed by atoms with Crippen LogP contribution in [0, 0.1) is 6.92 Å². The summed E-state index contributed by atoms with van der Waals surface area (Å²) >= 11 is 1.90. The Hall–Kier alpha value is -1.27. The van der Waals surface area contributed by atoms with E-state index in [4.69, 9.17) is 9.47 Å². The molecule has 0 bridgehead atoms. The Labute approximate surface area is 147 Å². The Balaban J connectivity index is 1.37. The van der Waals surface area contributed by atoms with Crippen LogP contribution in [0.5, 0.6) is 0 Å². The van der Waals surface area contributed by atoms with Gasteiger partial charge >= 0.3 is 0 Å². The summed E-state index contributed by atoms with van der Waals surface area (Å²) in [5.74, 6) is 0. The van der Waals surface area contributed by atoms with E-state index < -0.39 is 0 Å². The maximum absolute atomic E-state index is 6.18. The summed E-state index contributed by atoms with van der Waals surface area (Å²) < 4.78 is 12.3. The summed E-state index contributed by atoms with van der Waals surface area (Å²) in [5, 5.41) is 0. The number of ether oxygens (including phenoxy) is 2. The molecule has 2 fully saturated rings. The van der Waals surface area contributed by atoms with Gasteiger partial charge in [-0.1, -0.05) is 0 Å². The molecule has 2 aliphatic rings. The fourth-order valence-corrected chi connectivity index (χ4v) is 4.74. The van der Waals surface area contributed by atoms with Crippen molar-refractivity contribution in [3.8, 4) is 0 Å². The molecule has 1 aliphatic heterocycles. The van der Waals surface area contributed by atoms with Gasteiger partial charge in [0.25, 0.3) is 0 Å². The van der Waals surface area contributed by atoms with E-state index in [1.165, 1.54) is 15.3 Å². The predicted molar refractivity (Wildman–Crippen MR) is 95.0 cm³/mol. The normalized spacial score (nSPS) is 27.3. The van der Waals surface area contributed by atoms with Gasteiger partial charge in [0.1, 0.15) is 0 Å². The maximum atomic E-state index is 6.18. The SMILES string of the molecule is Cc1ccc(CN2CCO[C@@H]3[C@@H](OCc4ccncc4)CC[C@@H]32)s1. The fraction of sp³-hybridized carbons (Fsp3) is 0.526. The lowest BCUT2D eigenvalue weighted by atomic mass is 10.1. The molecule has 1 saturated heterocycles. The number of hydrogen-bond acceptors (Lipinski definition) is 5. The van der Waals surface area contributed by atoms with Crippen molar-refractivity contribution in [1.82, 2.24) is 9.88 Å². The van der Waals surface area contributed by atoms with E-state index in [0.717, 1.165) is 32.5 Å². The summed E-state index contributed by atoms with van der Waals surface area (Å²) in [4.78, 5) is 9.49. The third-order valence-electron chi connectivity index (χ3n) is 5.02. The molecule has 1 aliphatic carbocycles. The zero-order valence-corrected chi connectivity index (χ0v) is 14.9. The average molecular weight is 344 g/mol. The fourth-order valence-electron chi connectivity index (χ4n) is 3.82. The predicted octanol–water partition coefficient (Wildman–Crippen LogP) is 3.40. The second-order valence-corrected chi connectivity index (χ2v) is 8.04. The Morgan fingerprint density at radius 3 is 2.92 bits per heavy atom. The van der Waals surface area contributed by atoms with Crippen molar-refractivity contribution in [3.05, 3.63) is 52.0 Å². The highest BCUT2D eigenvalue weighted by molar-refractivity contribution is 7.11. The standard InChI is InChI=1S/C19H24N2O2S/c1-14-2-3-16(24-14)12-21-10-11-22-19-17(21)4-5-18(19)23-13-15-6-8-20-9-7-15/h2-3,6-9,17-19H,4-5,10-13H2,1H3/t17-,18-,19-/m0/s1. The molecule has 0 aromatic carbocycles. The zero-order valence-electron chi connectivity index (χ0n) is 14.1. The molecule has 0 N–H and O–H groups in total. The van der Waals surface area contributed by atoms with Gasteiger partial charge in [0.15, 0.2) is 0 Å². The first kappa shape index (κ1) is 16.2. The number of thiophene rings is 1. The Bertz CT molecular complexity index is 660. The number of fused-ring (bicyclic) bond motifs is 1. The molecule has 24 heavy (non-hydrogen) atoms. The molecule has 3 atom stereocenters. The van der Waals surface area contributed by atoms with Gasteiger partial charge < -0.3 is 9.47 Å². The molecule has 4 nitrogen and oxygen atoms in total. The van der Waals surface area contributed by atoms with Crippen molar-refractivity contribution in [2.24, 2.45) is 0 Å². The van der Waals surface area contributed by atoms with Crippen LogP contribution in [-0.2, 0) is 22.6 Å². The van der Waals surface area contributed by atoms with Crippen LogP contribution >= 0.6 is 11.3 Å². The highest BCUT2D eigenvalue weighted by Gasteiger charge is 2.43. The molecule has 128 valence electrons. The Kier molecular flexibility index (Phi) is 4.94. The molecule has 2 aromatic rings. The van der Waals surface area contributed by atoms with Crippen LogP contribution in [0.15, 0.2) is 36.7 Å². The molecular formula is C19H24N2O2S. The molecular weight excluding hydrogens is 320 g/mol. The van der Waals surface area contributed by atoms with Crippen LogP contribution in [0.2, 0.25) is 0 Å². The van der Waals surface area contributed by atoms with Crippen LogP contribution in [0.3, 0.4) is 0 Å². The number of morpholine rings is 1. The lowest BCUT2D eigenvalue weighted by Crippen LogP contribution is -2.51. The van der Waals surface area contributed by atoms with Gasteiger partial charge in [0, 0.05) is 41.3 Å². The lowest BCUT2D eigenvalue weighted by Gasteiger charge is -2.38. The maximum Gasteiger partial charge on any atom is 0.0992 e. The van der Waals surface area contributed by atoms with Gasteiger partial charge in [0.05, 0.1) is 25.4 Å². The van der Waals surface area contributed by atoms with Crippen molar-refractivity contribution in [1.29, 1.82) is 0 Å². The Morgan fingerprint density at radius 2 is 2.12 bits per heavy atom. The molecule has 1 saturated carbocycles. The summed E-state index contributed by atoms with van der Waals surface area (Å²) in [7, 11) is 0. The van der Waals surface area contributed by atoms with E-state index >= 15 is 0 Å². The largest absolute Gasteiger partial charge is 0.373 e. The van der Waals surface area contributed by atoms with Crippen LogP contribution in [0.4, 0.5) is 0 Å². The quantitative estimate of drug-likeness (QED) is 0.833. The summed E-state index contributed by atoms with van der Waals surface area (Å²) in [6.07, 6.45) is 6.30. The third kappa shape index (κ3) is 3.54. The first-order chi connectivity index (χ1) is 11.8. The Morgan fingerprint density at radius 1 is 1.25 bits per heavy atom. The van der Waals surface area contributed by atoms with Crippen molar-refractivity contribution in [2.75, 3.05) is 13.2 Å². The van der Waals surface area contributed by atoms with Crippen LogP contribution in [0.1, 0.15) is 28.2 Å². The van der Waals surface area contributed by atoms with Gasteiger partial charge in [0.2, 0.25) is 0 Å². The number of aryl methyl sites for hydroxylation is 1. The van der Waals surface area contributed by atoms with Gasteiger partial charge in [-0.15, -0.1) is 11.3 Å². The van der Waals surface area contributed by atoms with Crippen molar-refractivity contribution < 1.29 is 9.47 Å². The van der Waals surface area contributed by atoms with Crippen molar-refractivity contribution >= 4 is 11.3 Å². The molecule has 4 rings (SSSR count). The number of rotatable bonds is 5. The van der Waals surface area contributed by atoms with Gasteiger partial charge in [-0.05, 0) is 49.6 Å². The number of pyridine rings is 1. The minimum Gasteiger partial charge on any atom is -0.373 e. The molecule has 0 unspecified atom stereocenters. The average Bonchev–Trinajstić information content (AvgIpc) is 3.21. The monoisotopic (exact) mass is 344 g/mol. The van der Waals surface area contributed by atoms with Gasteiger partial charge in [-0.3, -0.25) is 9.88 Å². The molecule has 0 amide bonds. The smallest absolute Gasteiger partial charge is 0.0992 e. The molecule has 3 heterocycles.